The van der Waals surface area contributed by atoms with Gasteiger partial charge in [-0.3, -0.25) is 9.78 Å². The summed E-state index contributed by atoms with van der Waals surface area (Å²) in [6.45, 7) is 1.09. The van der Waals surface area contributed by atoms with Crippen LogP contribution in [-0.2, 0) is 11.2 Å². The van der Waals surface area contributed by atoms with Gasteiger partial charge in [-0.25, -0.2) is 0 Å². The van der Waals surface area contributed by atoms with E-state index >= 15 is 0 Å². The van der Waals surface area contributed by atoms with Crippen molar-refractivity contribution in [1.82, 2.24) is 15.5 Å². The van der Waals surface area contributed by atoms with Crippen LogP contribution in [0.3, 0.4) is 0 Å². The van der Waals surface area contributed by atoms with Crippen LogP contribution < -0.4 is 5.32 Å². The number of hydrogen-bond donors (Lipinski definition) is 1. The van der Waals surface area contributed by atoms with E-state index in [1.54, 1.807) is 6.07 Å². The van der Waals surface area contributed by atoms with Crippen LogP contribution in [-0.4, -0.2) is 35.3 Å². The normalized spacial score (nSPS) is 18.5. The second-order valence-corrected chi connectivity index (χ2v) is 7.51. The van der Waals surface area contributed by atoms with Crippen molar-refractivity contribution in [3.05, 3.63) is 84.3 Å². The molecule has 1 fully saturated rings. The minimum Gasteiger partial charge on any atom is -0.379 e. The third kappa shape index (κ3) is 3.69. The largest absolute Gasteiger partial charge is 0.379 e. The number of amides is 1. The Hall–Kier alpha value is -3.51. The third-order valence-electron chi connectivity index (χ3n) is 5.54. The van der Waals surface area contributed by atoms with Gasteiger partial charge >= 0.3 is 0 Å². The minimum absolute atomic E-state index is 0.0882. The topological polar surface area (TPSA) is 77.2 Å². The van der Waals surface area contributed by atoms with Gasteiger partial charge in [-0.05, 0) is 24.1 Å². The SMILES string of the molecule is O=C(N[C@@H]1COC[C@H]1Cc1ccnc2ccccc12)c1cc(-c2ccccc2)no1. The Morgan fingerprint density at radius 1 is 1.03 bits per heavy atom. The molecule has 1 amide bonds. The highest BCUT2D eigenvalue weighted by Gasteiger charge is 2.31. The summed E-state index contributed by atoms with van der Waals surface area (Å²) in [6.07, 6.45) is 2.64. The third-order valence-corrected chi connectivity index (χ3v) is 5.54. The van der Waals surface area contributed by atoms with Crippen LogP contribution in [0.1, 0.15) is 16.1 Å². The Bertz CT molecular complexity index is 1170. The van der Waals surface area contributed by atoms with Gasteiger partial charge in [0, 0.05) is 29.1 Å². The molecule has 6 nitrogen and oxygen atoms in total. The molecular formula is C24H21N3O3. The minimum atomic E-state index is -0.273. The molecule has 2 aromatic carbocycles. The van der Waals surface area contributed by atoms with Gasteiger partial charge in [0.25, 0.3) is 5.91 Å². The summed E-state index contributed by atoms with van der Waals surface area (Å²) in [6, 6.07) is 21.4. The van der Waals surface area contributed by atoms with Crippen LogP contribution in [0, 0.1) is 5.92 Å². The molecule has 30 heavy (non-hydrogen) atoms. The molecule has 150 valence electrons. The molecular weight excluding hydrogens is 378 g/mol. The van der Waals surface area contributed by atoms with Crippen LogP contribution >= 0.6 is 0 Å². The summed E-state index contributed by atoms with van der Waals surface area (Å²) in [4.78, 5) is 17.2. The molecule has 2 aromatic heterocycles. The second-order valence-electron chi connectivity index (χ2n) is 7.51. The van der Waals surface area contributed by atoms with Gasteiger partial charge < -0.3 is 14.6 Å². The average molecular weight is 399 g/mol. The Balaban J connectivity index is 1.30. The van der Waals surface area contributed by atoms with E-state index in [1.807, 2.05) is 60.8 Å². The molecule has 4 aromatic rings. The Kier molecular flexibility index (Phi) is 4.99. The summed E-state index contributed by atoms with van der Waals surface area (Å²) in [7, 11) is 0. The maximum atomic E-state index is 12.7. The zero-order valence-corrected chi connectivity index (χ0v) is 16.3. The number of para-hydroxylation sites is 1. The smallest absolute Gasteiger partial charge is 0.290 e. The van der Waals surface area contributed by atoms with Gasteiger partial charge in [0.15, 0.2) is 0 Å². The molecule has 6 heteroatoms. The zero-order valence-electron chi connectivity index (χ0n) is 16.3. The Morgan fingerprint density at radius 3 is 2.77 bits per heavy atom. The maximum Gasteiger partial charge on any atom is 0.290 e. The van der Waals surface area contributed by atoms with Crippen molar-refractivity contribution in [3.8, 4) is 11.3 Å². The number of fused-ring (bicyclic) bond motifs is 1. The lowest BCUT2D eigenvalue weighted by Crippen LogP contribution is -2.40. The van der Waals surface area contributed by atoms with E-state index in [-0.39, 0.29) is 23.6 Å². The van der Waals surface area contributed by atoms with E-state index in [2.05, 4.69) is 21.5 Å². The number of nitrogens with one attached hydrogen (secondary N) is 1. The highest BCUT2D eigenvalue weighted by atomic mass is 16.5. The van der Waals surface area contributed by atoms with Crippen molar-refractivity contribution in [1.29, 1.82) is 0 Å². The van der Waals surface area contributed by atoms with E-state index in [4.69, 9.17) is 9.26 Å². The molecule has 2 atom stereocenters. The number of carbonyl (C=O) groups excluding carboxylic acids is 1. The summed E-state index contributed by atoms with van der Waals surface area (Å²) in [5.41, 5.74) is 3.74. The number of rotatable bonds is 5. The molecule has 0 unspecified atom stereocenters. The monoisotopic (exact) mass is 399 g/mol. The molecule has 0 radical (unpaired) electrons. The summed E-state index contributed by atoms with van der Waals surface area (Å²) in [5.74, 6) is 0.106. The van der Waals surface area contributed by atoms with Crippen molar-refractivity contribution in [2.45, 2.75) is 12.5 Å². The standard InChI is InChI=1S/C24H21N3O3/c28-24(23-13-21(27-30-23)16-6-2-1-3-7-16)26-22-15-29-14-18(22)12-17-10-11-25-20-9-5-4-8-19(17)20/h1-11,13,18,22H,12,14-15H2,(H,26,28)/t18-,22-/m1/s1. The van der Waals surface area contributed by atoms with Crippen LogP contribution in [0.15, 0.2) is 77.4 Å². The van der Waals surface area contributed by atoms with Crippen molar-refractivity contribution in [2.24, 2.45) is 5.92 Å². The molecule has 0 spiro atoms. The van der Waals surface area contributed by atoms with E-state index < -0.39 is 0 Å². The number of nitrogens with zero attached hydrogens (tertiary/aromatic N) is 2. The van der Waals surface area contributed by atoms with Crippen LogP contribution in [0.25, 0.3) is 22.2 Å². The van der Waals surface area contributed by atoms with E-state index in [0.29, 0.717) is 18.9 Å². The fraction of sp³-hybridized carbons (Fsp3) is 0.208. The number of aromatic nitrogens is 2. The van der Waals surface area contributed by atoms with Crippen molar-refractivity contribution >= 4 is 16.8 Å². The van der Waals surface area contributed by atoms with Crippen LogP contribution in [0.2, 0.25) is 0 Å². The quantitative estimate of drug-likeness (QED) is 0.551. The molecule has 0 bridgehead atoms. The summed E-state index contributed by atoms with van der Waals surface area (Å²) < 4.78 is 11.0. The average Bonchev–Trinajstić information content (AvgIpc) is 3.45. The molecule has 1 aliphatic rings. The lowest BCUT2D eigenvalue weighted by atomic mass is 9.93. The highest BCUT2D eigenvalue weighted by Crippen LogP contribution is 2.25. The molecule has 1 N–H and O–H groups in total. The predicted molar refractivity (Wildman–Crippen MR) is 113 cm³/mol. The lowest BCUT2D eigenvalue weighted by molar-refractivity contribution is 0.0888. The maximum absolute atomic E-state index is 12.7. The second kappa shape index (κ2) is 8.08. The number of pyridine rings is 1. The Morgan fingerprint density at radius 2 is 1.87 bits per heavy atom. The Labute approximate surface area is 173 Å². The van der Waals surface area contributed by atoms with Gasteiger partial charge in [0.1, 0.15) is 5.69 Å². The van der Waals surface area contributed by atoms with Crippen molar-refractivity contribution < 1.29 is 14.1 Å². The molecule has 1 aliphatic heterocycles. The van der Waals surface area contributed by atoms with E-state index in [0.717, 1.165) is 22.9 Å². The van der Waals surface area contributed by atoms with Crippen molar-refractivity contribution in [2.75, 3.05) is 13.2 Å². The highest BCUT2D eigenvalue weighted by molar-refractivity contribution is 5.92. The molecule has 3 heterocycles. The fourth-order valence-corrected chi connectivity index (χ4v) is 3.94. The summed E-state index contributed by atoms with van der Waals surface area (Å²) in [5, 5.41) is 8.23. The molecule has 0 aliphatic carbocycles. The number of carbonyl (C=O) groups is 1. The number of ether oxygens (including phenoxy) is 1. The van der Waals surface area contributed by atoms with Crippen LogP contribution in [0.4, 0.5) is 0 Å². The van der Waals surface area contributed by atoms with Gasteiger partial charge in [-0.1, -0.05) is 53.7 Å². The zero-order chi connectivity index (χ0) is 20.3. The lowest BCUT2D eigenvalue weighted by Gasteiger charge is -2.19. The van der Waals surface area contributed by atoms with E-state index in [1.165, 1.54) is 5.56 Å². The first kappa shape index (κ1) is 18.5. The van der Waals surface area contributed by atoms with E-state index in [9.17, 15) is 4.79 Å². The molecule has 1 saturated heterocycles. The number of benzene rings is 2. The fourth-order valence-electron chi connectivity index (χ4n) is 3.94. The molecule has 5 rings (SSSR count). The van der Waals surface area contributed by atoms with Crippen LogP contribution in [0.5, 0.6) is 0 Å². The number of hydrogen-bond acceptors (Lipinski definition) is 5. The molecule has 0 saturated carbocycles. The first-order valence-electron chi connectivity index (χ1n) is 10.0. The first-order chi connectivity index (χ1) is 14.8. The van der Waals surface area contributed by atoms with Crippen molar-refractivity contribution in [3.63, 3.8) is 0 Å². The van der Waals surface area contributed by atoms with Gasteiger partial charge in [0.05, 0.1) is 24.8 Å². The van der Waals surface area contributed by atoms with Gasteiger partial charge in [0.2, 0.25) is 5.76 Å². The predicted octanol–water partition coefficient (Wildman–Crippen LogP) is 3.88. The first-order valence-corrected chi connectivity index (χ1v) is 10.0. The van der Waals surface area contributed by atoms with Gasteiger partial charge in [-0.2, -0.15) is 0 Å². The van der Waals surface area contributed by atoms with Gasteiger partial charge in [-0.15, -0.1) is 0 Å². The summed E-state index contributed by atoms with van der Waals surface area (Å²) >= 11 is 0.